The number of rotatable bonds is 10. The van der Waals surface area contributed by atoms with Gasteiger partial charge in [0.2, 0.25) is 0 Å². The van der Waals surface area contributed by atoms with Gasteiger partial charge in [0.1, 0.15) is 23.9 Å². The highest BCUT2D eigenvalue weighted by Crippen LogP contribution is 2.64. The number of Topliss-reactive ketones (excluding diaryl/α,β-unsaturated/α-hetero) is 1. The summed E-state index contributed by atoms with van der Waals surface area (Å²) in [5.41, 5.74) is -7.13. The Morgan fingerprint density at radius 2 is 1.47 bits per heavy atom. The topological polar surface area (TPSA) is 221 Å². The van der Waals surface area contributed by atoms with Gasteiger partial charge in [-0.2, -0.15) is 0 Å². The van der Waals surface area contributed by atoms with Crippen molar-refractivity contribution in [2.45, 2.75) is 140 Å². The highest BCUT2D eigenvalue weighted by molar-refractivity contribution is 5.96. The number of hydrogen-bond donors (Lipinski definition) is 4. The second kappa shape index (κ2) is 17.0. The lowest BCUT2D eigenvalue weighted by molar-refractivity contribution is -0.346. The third-order valence-electron chi connectivity index (χ3n) is 14.5. The van der Waals surface area contributed by atoms with E-state index in [0.717, 1.165) is 33.1 Å². The molecule has 0 spiro atoms. The summed E-state index contributed by atoms with van der Waals surface area (Å²) < 4.78 is 30.4. The number of esters is 4. The average molecular weight is 860 g/mol. The van der Waals surface area contributed by atoms with E-state index in [2.05, 4.69) is 5.32 Å². The molecule has 0 radical (unpaired) electrons. The zero-order valence-electron chi connectivity index (χ0n) is 36.0. The van der Waals surface area contributed by atoms with Gasteiger partial charge in [-0.05, 0) is 68.0 Å². The average Bonchev–Trinajstić information content (AvgIpc) is 3.24. The number of ketones is 1. The molecule has 62 heavy (non-hydrogen) atoms. The Morgan fingerprint density at radius 3 is 2.03 bits per heavy atom. The summed E-state index contributed by atoms with van der Waals surface area (Å²) in [6.07, 6.45) is -6.30. The Hall–Kier alpha value is -4.96. The molecule has 3 saturated carbocycles. The van der Waals surface area contributed by atoms with Gasteiger partial charge in [-0.25, -0.2) is 9.59 Å². The van der Waals surface area contributed by atoms with Crippen molar-refractivity contribution in [1.82, 2.24) is 5.32 Å². The molecule has 2 bridgehead atoms. The van der Waals surface area contributed by atoms with Gasteiger partial charge in [-0.15, -0.1) is 0 Å². The van der Waals surface area contributed by atoms with Crippen LogP contribution in [0.3, 0.4) is 0 Å². The van der Waals surface area contributed by atoms with Crippen LogP contribution in [0, 0.1) is 22.7 Å². The fraction of sp³-hybridized carbons (Fsp3) is 0.574. The molecule has 2 aromatic rings. The van der Waals surface area contributed by atoms with Crippen molar-refractivity contribution in [1.29, 1.82) is 0 Å². The number of benzene rings is 2. The van der Waals surface area contributed by atoms with Gasteiger partial charge in [0.15, 0.2) is 23.6 Å². The monoisotopic (exact) mass is 859 g/mol. The number of hydrogen-bond acceptors (Lipinski definition) is 14. The fourth-order valence-electron chi connectivity index (χ4n) is 11.1. The minimum absolute atomic E-state index is 0.0288. The molecule has 4 fully saturated rings. The van der Waals surface area contributed by atoms with E-state index in [1.807, 2.05) is 0 Å². The zero-order valence-corrected chi connectivity index (χ0v) is 36.0. The van der Waals surface area contributed by atoms with Gasteiger partial charge >= 0.3 is 23.9 Å². The lowest BCUT2D eigenvalue weighted by Gasteiger charge is -2.67. The van der Waals surface area contributed by atoms with Crippen LogP contribution in [0.2, 0.25) is 0 Å². The standard InChI is InChI=1S/C47H57NO14/c1-25-31(60-43(56)36(52)35(28-16-10-7-11-17-28)48-41(54)29-18-12-8-13-19-29)23-47(57)40(61-42(55)30-20-14-9-15-21-30)38-45(6,32(51)22-33-46(38,24-58-33)62-27(3)50)39(53)37(59-26(2)49)34(25)44(47,4)5/h8-9,12-15,18-21,28,31-33,35-38,40,51-52,57H,7,10-11,16-17,22-24H2,1-6H3,(H,48,54). The van der Waals surface area contributed by atoms with Crippen LogP contribution in [0.4, 0.5) is 0 Å². The predicted octanol–water partition coefficient (Wildman–Crippen LogP) is 3.94. The van der Waals surface area contributed by atoms with Crippen LogP contribution < -0.4 is 5.32 Å². The van der Waals surface area contributed by atoms with Crippen molar-refractivity contribution in [3.05, 3.63) is 82.9 Å². The Morgan fingerprint density at radius 1 is 0.855 bits per heavy atom. The highest BCUT2D eigenvalue weighted by atomic mass is 16.6. The van der Waals surface area contributed by atoms with E-state index in [0.29, 0.717) is 18.4 Å². The van der Waals surface area contributed by atoms with Gasteiger partial charge in [0.25, 0.3) is 5.91 Å². The van der Waals surface area contributed by atoms with Crippen LogP contribution in [-0.2, 0) is 42.9 Å². The van der Waals surface area contributed by atoms with Crippen LogP contribution in [0.5, 0.6) is 0 Å². The lowest BCUT2D eigenvalue weighted by Crippen LogP contribution is -2.82. The van der Waals surface area contributed by atoms with Crippen molar-refractivity contribution < 1.29 is 67.8 Å². The quantitative estimate of drug-likeness (QED) is 0.151. The normalized spacial score (nSPS) is 33.7. The largest absolute Gasteiger partial charge is 0.456 e. The lowest BCUT2D eigenvalue weighted by atomic mass is 9.44. The third-order valence-corrected chi connectivity index (χ3v) is 14.5. The molecule has 15 nitrogen and oxygen atoms in total. The predicted molar refractivity (Wildman–Crippen MR) is 219 cm³/mol. The Labute approximate surface area is 360 Å². The molecule has 334 valence electrons. The summed E-state index contributed by atoms with van der Waals surface area (Å²) in [5.74, 6) is -6.83. The molecule has 0 aromatic heterocycles. The summed E-state index contributed by atoms with van der Waals surface area (Å²) >= 11 is 0. The molecule has 1 aliphatic heterocycles. The SMILES string of the molecule is CC(=O)OC1C(=O)C2(C)C(O)CC3OCC3(OC(C)=O)C2C(OC(=O)c2ccccc2)C2(O)CC(OC(=O)C(O)C(NC(=O)c3ccccc3)C3CCCCC3)C(C)=C1C2(C)C. The van der Waals surface area contributed by atoms with E-state index in [9.17, 15) is 39.3 Å². The first kappa shape index (κ1) is 45.1. The maximum atomic E-state index is 15.5. The Kier molecular flexibility index (Phi) is 12.3. The van der Waals surface area contributed by atoms with Crippen LogP contribution in [0.1, 0.15) is 107 Å². The fourth-order valence-corrected chi connectivity index (χ4v) is 11.1. The van der Waals surface area contributed by atoms with Crippen LogP contribution in [0.25, 0.3) is 0 Å². The van der Waals surface area contributed by atoms with Crippen LogP contribution in [-0.4, -0.2) is 111 Å². The number of aliphatic hydroxyl groups is 3. The summed E-state index contributed by atoms with van der Waals surface area (Å²) in [6.45, 7) is 8.11. The van der Waals surface area contributed by atoms with Crippen molar-refractivity contribution in [2.75, 3.05) is 6.61 Å². The smallest absolute Gasteiger partial charge is 0.338 e. The molecule has 7 rings (SSSR count). The molecular formula is C47H57NO14. The molecule has 15 heteroatoms. The summed E-state index contributed by atoms with van der Waals surface area (Å²) in [4.78, 5) is 83.7. The zero-order chi connectivity index (χ0) is 44.9. The molecular weight excluding hydrogens is 803 g/mol. The maximum Gasteiger partial charge on any atom is 0.338 e. The summed E-state index contributed by atoms with van der Waals surface area (Å²) in [5, 5.41) is 40.5. The molecule has 1 heterocycles. The van der Waals surface area contributed by atoms with E-state index in [1.165, 1.54) is 19.1 Å². The van der Waals surface area contributed by atoms with Crippen molar-refractivity contribution in [3.63, 3.8) is 0 Å². The van der Waals surface area contributed by atoms with E-state index in [4.69, 9.17) is 23.7 Å². The Balaban J connectivity index is 1.37. The van der Waals surface area contributed by atoms with Crippen LogP contribution >= 0.6 is 0 Å². The van der Waals surface area contributed by atoms with Gasteiger partial charge in [0.05, 0.1) is 35.6 Å². The van der Waals surface area contributed by atoms with Crippen molar-refractivity contribution >= 4 is 35.6 Å². The minimum atomic E-state index is -2.36. The molecule has 1 saturated heterocycles. The minimum Gasteiger partial charge on any atom is -0.456 e. The van der Waals surface area contributed by atoms with Gasteiger partial charge in [-0.1, -0.05) is 69.5 Å². The number of carbonyl (C=O) groups excluding carboxylic acids is 6. The number of amides is 1. The van der Waals surface area contributed by atoms with E-state index in [1.54, 1.807) is 69.3 Å². The maximum absolute atomic E-state index is 15.5. The molecule has 5 aliphatic rings. The second-order valence-electron chi connectivity index (χ2n) is 18.4. The Bertz CT molecular complexity index is 2120. The first-order valence-corrected chi connectivity index (χ1v) is 21.4. The molecule has 11 atom stereocenters. The van der Waals surface area contributed by atoms with Gasteiger partial charge in [0, 0.05) is 37.7 Å². The van der Waals surface area contributed by atoms with Gasteiger partial charge < -0.3 is 44.3 Å². The number of fused-ring (bicyclic) bond motifs is 5. The van der Waals surface area contributed by atoms with Crippen molar-refractivity contribution in [2.24, 2.45) is 22.7 Å². The van der Waals surface area contributed by atoms with Crippen LogP contribution in [0.15, 0.2) is 71.8 Å². The van der Waals surface area contributed by atoms with E-state index < -0.39 is 113 Å². The number of ether oxygens (including phenoxy) is 5. The molecule has 2 aromatic carbocycles. The first-order valence-electron chi connectivity index (χ1n) is 21.4. The van der Waals surface area contributed by atoms with E-state index >= 15 is 4.79 Å². The second-order valence-corrected chi connectivity index (χ2v) is 18.4. The first-order chi connectivity index (χ1) is 29.3. The molecule has 4 N–H and O–H groups in total. The molecule has 1 amide bonds. The highest BCUT2D eigenvalue weighted by Gasteiger charge is 2.78. The number of aliphatic hydroxyl groups excluding tert-OH is 2. The van der Waals surface area contributed by atoms with Crippen molar-refractivity contribution in [3.8, 4) is 0 Å². The number of carbonyl (C=O) groups is 6. The van der Waals surface area contributed by atoms with Gasteiger partial charge in [-0.3, -0.25) is 19.2 Å². The van der Waals surface area contributed by atoms with E-state index in [-0.39, 0.29) is 35.7 Å². The third kappa shape index (κ3) is 7.54. The summed E-state index contributed by atoms with van der Waals surface area (Å²) in [7, 11) is 0. The molecule has 4 aliphatic carbocycles. The summed E-state index contributed by atoms with van der Waals surface area (Å²) in [6, 6.07) is 15.2. The molecule has 11 unspecified atom stereocenters. The number of nitrogens with one attached hydrogen (secondary N) is 1.